The van der Waals surface area contributed by atoms with Crippen LogP contribution in [0.2, 0.25) is 0 Å². The van der Waals surface area contributed by atoms with Gasteiger partial charge in [-0.15, -0.1) is 0 Å². The quantitative estimate of drug-likeness (QED) is 0.0202. The summed E-state index contributed by atoms with van der Waals surface area (Å²) in [5.41, 5.74) is 0. The fourth-order valence-electron chi connectivity index (χ4n) is 5.93. The van der Waals surface area contributed by atoms with E-state index in [-0.39, 0.29) is 12.8 Å². The van der Waals surface area contributed by atoms with Crippen LogP contribution in [0.25, 0.3) is 0 Å². The van der Waals surface area contributed by atoms with Crippen LogP contribution >= 0.6 is 7.82 Å². The highest BCUT2D eigenvalue weighted by molar-refractivity contribution is 7.47. The number of carboxylic acid groups (broad SMARTS) is 1. The molecule has 12 heteroatoms. The van der Waals surface area contributed by atoms with Gasteiger partial charge < -0.3 is 25.2 Å². The van der Waals surface area contributed by atoms with Gasteiger partial charge in [0.2, 0.25) is 5.91 Å². The summed E-state index contributed by atoms with van der Waals surface area (Å²) in [7, 11) is -4.76. The second kappa shape index (κ2) is 39.5. The molecule has 0 heterocycles. The third-order valence-corrected chi connectivity index (χ3v) is 10.4. The monoisotopic (exact) mass is 814 g/mol. The molecule has 3 unspecified atom stereocenters. The molecule has 0 bridgehead atoms. The van der Waals surface area contributed by atoms with Crippen LogP contribution in [-0.2, 0) is 32.7 Å². The highest BCUT2D eigenvalue weighted by Crippen LogP contribution is 2.43. The van der Waals surface area contributed by atoms with Gasteiger partial charge in [0.1, 0.15) is 12.7 Å². The van der Waals surface area contributed by atoms with Crippen LogP contribution in [0.4, 0.5) is 0 Å². The predicted octanol–water partition coefficient (Wildman–Crippen LogP) is 11.2. The summed E-state index contributed by atoms with van der Waals surface area (Å²) in [6, 6.07) is -1.55. The van der Waals surface area contributed by atoms with E-state index in [4.69, 9.17) is 13.8 Å². The van der Waals surface area contributed by atoms with Gasteiger partial charge in [0, 0.05) is 12.8 Å². The summed E-state index contributed by atoms with van der Waals surface area (Å²) in [6.07, 6.45) is 41.6. The van der Waals surface area contributed by atoms with Crippen molar-refractivity contribution in [1.82, 2.24) is 5.32 Å². The number of phosphoric ester groups is 1. The number of amides is 1. The minimum absolute atomic E-state index is 0.135. The smallest absolute Gasteiger partial charge is 0.472 e. The van der Waals surface area contributed by atoms with E-state index in [0.717, 1.165) is 70.6 Å². The number of aliphatic carboxylic acids is 1. The van der Waals surface area contributed by atoms with Gasteiger partial charge in [-0.2, -0.15) is 0 Å². The minimum atomic E-state index is -4.76. The lowest BCUT2D eigenvalue weighted by Gasteiger charge is -2.18. The van der Waals surface area contributed by atoms with E-state index in [1.165, 1.54) is 83.5 Å². The minimum Gasteiger partial charge on any atom is -0.480 e. The van der Waals surface area contributed by atoms with E-state index in [1.54, 1.807) is 0 Å². The Bertz CT molecular complexity index is 1100. The number of allylic oxidation sites excluding steroid dienone is 6. The first-order valence-corrected chi connectivity index (χ1v) is 23.5. The summed E-state index contributed by atoms with van der Waals surface area (Å²) in [5, 5.41) is 21.8. The van der Waals surface area contributed by atoms with E-state index in [9.17, 15) is 34.1 Å². The van der Waals surface area contributed by atoms with Crippen LogP contribution in [0.15, 0.2) is 36.5 Å². The molecule has 0 aliphatic carbocycles. The van der Waals surface area contributed by atoms with Crippen molar-refractivity contribution in [3.8, 4) is 0 Å². The van der Waals surface area contributed by atoms with Crippen molar-refractivity contribution in [1.29, 1.82) is 0 Å². The molecule has 11 nitrogen and oxygen atoms in total. The fraction of sp³-hybridized carbons (Fsp3) is 0.795. The molecule has 0 saturated heterocycles. The van der Waals surface area contributed by atoms with Crippen molar-refractivity contribution in [2.75, 3.05) is 19.8 Å². The van der Waals surface area contributed by atoms with Crippen molar-refractivity contribution in [2.24, 2.45) is 0 Å². The fourth-order valence-corrected chi connectivity index (χ4v) is 6.70. The molecule has 56 heavy (non-hydrogen) atoms. The topological polar surface area (TPSA) is 169 Å². The van der Waals surface area contributed by atoms with E-state index in [1.807, 2.05) is 0 Å². The number of ether oxygens (including phenoxy) is 1. The Morgan fingerprint density at radius 2 is 0.982 bits per heavy atom. The number of hydrogen-bond acceptors (Lipinski definition) is 8. The standard InChI is InChI=1S/C44H80NO10P/c1-3-5-7-9-11-13-15-17-19-20-22-24-26-28-30-32-34-36-43(48)53-37-40(46)38-54-56(51,52)55-39-41(44(49)50)45-42(47)35-33-31-29-27-25-23-21-18-16-14-12-10-8-6-4-2/h11,13,17-19,21,40-41,46H,3-10,12,14-16,20,22-39H2,1-2H3,(H,45,47)(H,49,50)(H,51,52)/b13-11-,19-17-,21-18-. The van der Waals surface area contributed by atoms with Gasteiger partial charge in [0.25, 0.3) is 0 Å². The third kappa shape index (κ3) is 38.6. The zero-order chi connectivity index (χ0) is 41.4. The van der Waals surface area contributed by atoms with Crippen LogP contribution in [0.5, 0.6) is 0 Å². The van der Waals surface area contributed by atoms with Gasteiger partial charge in [-0.1, -0.05) is 147 Å². The average Bonchev–Trinajstić information content (AvgIpc) is 3.17. The lowest BCUT2D eigenvalue weighted by atomic mass is 10.1. The molecular formula is C44H80NO10P. The second-order valence-corrected chi connectivity index (χ2v) is 16.3. The van der Waals surface area contributed by atoms with Crippen molar-refractivity contribution in [3.63, 3.8) is 0 Å². The van der Waals surface area contributed by atoms with Gasteiger partial charge >= 0.3 is 19.8 Å². The van der Waals surface area contributed by atoms with Crippen molar-refractivity contribution in [2.45, 2.75) is 206 Å². The lowest BCUT2D eigenvalue weighted by molar-refractivity contribution is -0.147. The summed E-state index contributed by atoms with van der Waals surface area (Å²) in [4.78, 5) is 45.9. The van der Waals surface area contributed by atoms with Gasteiger partial charge in [-0.3, -0.25) is 18.6 Å². The highest BCUT2D eigenvalue weighted by Gasteiger charge is 2.28. The van der Waals surface area contributed by atoms with E-state index < -0.39 is 57.6 Å². The molecule has 4 N–H and O–H groups in total. The molecule has 326 valence electrons. The molecule has 3 atom stereocenters. The van der Waals surface area contributed by atoms with Crippen molar-refractivity contribution < 1.29 is 47.8 Å². The maximum Gasteiger partial charge on any atom is 0.472 e. The van der Waals surface area contributed by atoms with Crippen LogP contribution < -0.4 is 5.32 Å². The van der Waals surface area contributed by atoms with Gasteiger partial charge in [0.15, 0.2) is 6.04 Å². The number of carboxylic acids is 1. The Kier molecular flexibility index (Phi) is 37.9. The number of aliphatic hydroxyl groups is 1. The molecule has 0 aliphatic rings. The van der Waals surface area contributed by atoms with Crippen LogP contribution in [0.1, 0.15) is 194 Å². The molecular weight excluding hydrogens is 733 g/mol. The molecule has 0 aliphatic heterocycles. The number of aliphatic hydroxyl groups excluding tert-OH is 1. The second-order valence-electron chi connectivity index (χ2n) is 14.9. The SMILES string of the molecule is CCCCC/C=C\C/C=C\CCCCCCCCCC(=O)OCC(O)COP(=O)(O)OCC(NC(=O)CCCCCCC/C=C\CCCCCCCC)C(=O)O. The third-order valence-electron chi connectivity index (χ3n) is 9.40. The molecule has 0 aromatic rings. The first-order chi connectivity index (χ1) is 27.1. The molecule has 0 saturated carbocycles. The number of nitrogens with one attached hydrogen (secondary N) is 1. The highest BCUT2D eigenvalue weighted by atomic mass is 31.2. The zero-order valence-corrected chi connectivity index (χ0v) is 36.1. The van der Waals surface area contributed by atoms with Crippen molar-refractivity contribution in [3.05, 3.63) is 36.5 Å². The first kappa shape index (κ1) is 53.7. The predicted molar refractivity (Wildman–Crippen MR) is 226 cm³/mol. The molecule has 0 spiro atoms. The maximum atomic E-state index is 12.3. The Morgan fingerprint density at radius 1 is 0.571 bits per heavy atom. The summed E-state index contributed by atoms with van der Waals surface area (Å²) in [5.74, 6) is -2.39. The number of rotatable bonds is 41. The number of hydrogen-bond donors (Lipinski definition) is 4. The van der Waals surface area contributed by atoms with Crippen LogP contribution in [0, 0.1) is 0 Å². The first-order valence-electron chi connectivity index (χ1n) is 22.0. The largest absolute Gasteiger partial charge is 0.480 e. The zero-order valence-electron chi connectivity index (χ0n) is 35.2. The molecule has 0 aromatic carbocycles. The van der Waals surface area contributed by atoms with Crippen LogP contribution in [-0.4, -0.2) is 64.9 Å². The van der Waals surface area contributed by atoms with E-state index in [2.05, 4.69) is 55.6 Å². The van der Waals surface area contributed by atoms with E-state index in [0.29, 0.717) is 12.8 Å². The lowest BCUT2D eigenvalue weighted by Crippen LogP contribution is -2.43. The number of phosphoric acid groups is 1. The Hall–Kier alpha value is -2.30. The summed E-state index contributed by atoms with van der Waals surface area (Å²) < 4.78 is 26.8. The van der Waals surface area contributed by atoms with Gasteiger partial charge in [-0.25, -0.2) is 9.36 Å². The van der Waals surface area contributed by atoms with Gasteiger partial charge in [0.05, 0.1) is 13.2 Å². The molecule has 0 aromatic heterocycles. The number of carbonyl (C=O) groups is 3. The molecule has 0 fully saturated rings. The molecule has 1 amide bonds. The normalized spacial score (nSPS) is 14.1. The Balaban J connectivity index is 3.92. The Morgan fingerprint density at radius 3 is 1.50 bits per heavy atom. The van der Waals surface area contributed by atoms with Gasteiger partial charge in [-0.05, 0) is 70.6 Å². The Labute approximate surface area is 340 Å². The van der Waals surface area contributed by atoms with E-state index >= 15 is 0 Å². The molecule has 0 radical (unpaired) electrons. The summed E-state index contributed by atoms with van der Waals surface area (Å²) >= 11 is 0. The molecule has 0 rings (SSSR count). The maximum absolute atomic E-state index is 12.3. The van der Waals surface area contributed by atoms with Crippen LogP contribution in [0.3, 0.4) is 0 Å². The number of unbranched alkanes of at least 4 members (excludes halogenated alkanes) is 21. The summed E-state index contributed by atoms with van der Waals surface area (Å²) in [6.45, 7) is 2.55. The average molecular weight is 814 g/mol. The number of esters is 1. The number of carbonyl (C=O) groups excluding carboxylic acids is 2. The van der Waals surface area contributed by atoms with Crippen molar-refractivity contribution >= 4 is 25.7 Å².